The summed E-state index contributed by atoms with van der Waals surface area (Å²) in [6, 6.07) is 11.7. The number of para-hydroxylation sites is 2. The van der Waals surface area contributed by atoms with Crippen LogP contribution < -0.4 is 20.7 Å². The molecule has 3 rings (SSSR count). The van der Waals surface area contributed by atoms with Gasteiger partial charge < -0.3 is 9.47 Å². The molecule has 0 saturated heterocycles. The molecule has 4 nitrogen and oxygen atoms in total. The number of hydrogen-bond donors (Lipinski definition) is 2. The van der Waals surface area contributed by atoms with E-state index in [4.69, 9.17) is 15.3 Å². The second kappa shape index (κ2) is 4.97. The molecule has 1 aromatic carbocycles. The Balaban J connectivity index is 1.82. The molecule has 0 bridgehead atoms. The number of ether oxygens (including phenoxy) is 2. The van der Waals surface area contributed by atoms with Gasteiger partial charge in [0, 0.05) is 4.88 Å². The van der Waals surface area contributed by atoms with Crippen molar-refractivity contribution in [2.75, 3.05) is 6.61 Å². The van der Waals surface area contributed by atoms with Gasteiger partial charge in [-0.2, -0.15) is 0 Å². The van der Waals surface area contributed by atoms with Crippen molar-refractivity contribution in [2.45, 2.75) is 12.1 Å². The maximum absolute atomic E-state index is 5.95. The molecule has 2 unspecified atom stereocenters. The summed E-state index contributed by atoms with van der Waals surface area (Å²) in [5, 5.41) is 2.03. The highest BCUT2D eigenvalue weighted by Crippen LogP contribution is 2.34. The fourth-order valence-electron chi connectivity index (χ4n) is 2.04. The first-order chi connectivity index (χ1) is 8.88. The van der Waals surface area contributed by atoms with E-state index in [1.54, 1.807) is 11.3 Å². The van der Waals surface area contributed by atoms with E-state index in [1.165, 1.54) is 0 Å². The quantitative estimate of drug-likeness (QED) is 0.657. The molecule has 3 N–H and O–H groups in total. The first-order valence-electron chi connectivity index (χ1n) is 5.76. The number of benzene rings is 1. The van der Waals surface area contributed by atoms with E-state index in [-0.39, 0.29) is 12.1 Å². The molecular weight excluding hydrogens is 248 g/mol. The van der Waals surface area contributed by atoms with E-state index in [2.05, 4.69) is 5.43 Å². The van der Waals surface area contributed by atoms with Crippen LogP contribution in [-0.4, -0.2) is 12.7 Å². The van der Waals surface area contributed by atoms with Gasteiger partial charge in [0.1, 0.15) is 6.61 Å². The highest BCUT2D eigenvalue weighted by Gasteiger charge is 2.29. The number of hydrazine groups is 1. The zero-order valence-electron chi connectivity index (χ0n) is 9.71. The van der Waals surface area contributed by atoms with Crippen LogP contribution in [0, 0.1) is 0 Å². The Hall–Kier alpha value is -1.56. The summed E-state index contributed by atoms with van der Waals surface area (Å²) in [5.41, 5.74) is 2.81. The minimum atomic E-state index is -0.122. The Morgan fingerprint density at radius 3 is 2.78 bits per heavy atom. The lowest BCUT2D eigenvalue weighted by Gasteiger charge is -2.31. The van der Waals surface area contributed by atoms with Gasteiger partial charge in [0.15, 0.2) is 17.6 Å². The van der Waals surface area contributed by atoms with Gasteiger partial charge in [0.05, 0.1) is 6.04 Å². The van der Waals surface area contributed by atoms with E-state index in [0.717, 1.165) is 16.4 Å². The molecule has 0 fully saturated rings. The number of rotatable bonds is 3. The van der Waals surface area contributed by atoms with E-state index in [1.807, 2.05) is 41.8 Å². The lowest BCUT2D eigenvalue weighted by molar-refractivity contribution is 0.0626. The lowest BCUT2D eigenvalue weighted by atomic mass is 10.1. The molecule has 0 radical (unpaired) electrons. The molecular formula is C13H14N2O2S. The Labute approximate surface area is 109 Å². The molecule has 1 aromatic heterocycles. The number of nitrogens with two attached hydrogens (primary N) is 1. The molecule has 94 valence electrons. The van der Waals surface area contributed by atoms with Gasteiger partial charge in [-0.1, -0.05) is 18.2 Å². The summed E-state index contributed by atoms with van der Waals surface area (Å²) >= 11 is 1.65. The highest BCUT2D eigenvalue weighted by atomic mass is 32.1. The summed E-state index contributed by atoms with van der Waals surface area (Å²) < 4.78 is 11.6. The molecule has 2 aromatic rings. The molecule has 0 amide bonds. The van der Waals surface area contributed by atoms with Gasteiger partial charge in [0.2, 0.25) is 0 Å². The average molecular weight is 262 g/mol. The second-order valence-corrected chi connectivity index (χ2v) is 5.05. The standard InChI is InChI=1S/C13H14N2O2S/c14-15-13(12-6-3-7-18-12)11-8-16-9-4-1-2-5-10(9)17-11/h1-7,11,13,15H,8,14H2. The molecule has 0 aliphatic carbocycles. The maximum Gasteiger partial charge on any atom is 0.161 e. The van der Waals surface area contributed by atoms with Crippen molar-refractivity contribution >= 4 is 11.3 Å². The molecule has 0 spiro atoms. The molecule has 2 heterocycles. The average Bonchev–Trinajstić information content (AvgIpc) is 2.93. The predicted molar refractivity (Wildman–Crippen MR) is 70.7 cm³/mol. The van der Waals surface area contributed by atoms with Crippen LogP contribution in [0.3, 0.4) is 0 Å². The van der Waals surface area contributed by atoms with E-state index in [9.17, 15) is 0 Å². The van der Waals surface area contributed by atoms with Crippen molar-refractivity contribution in [1.82, 2.24) is 5.43 Å². The lowest BCUT2D eigenvalue weighted by Crippen LogP contribution is -2.43. The zero-order valence-corrected chi connectivity index (χ0v) is 10.5. The summed E-state index contributed by atoms with van der Waals surface area (Å²) in [6.07, 6.45) is -0.122. The topological polar surface area (TPSA) is 56.5 Å². The minimum absolute atomic E-state index is 0.0571. The monoisotopic (exact) mass is 262 g/mol. The number of thiophene rings is 1. The smallest absolute Gasteiger partial charge is 0.161 e. The summed E-state index contributed by atoms with van der Waals surface area (Å²) in [5.74, 6) is 7.19. The van der Waals surface area contributed by atoms with Crippen molar-refractivity contribution in [3.63, 3.8) is 0 Å². The van der Waals surface area contributed by atoms with Gasteiger partial charge in [-0.3, -0.25) is 5.84 Å². The Morgan fingerprint density at radius 2 is 2.06 bits per heavy atom. The van der Waals surface area contributed by atoms with Crippen LogP contribution in [0.2, 0.25) is 0 Å². The van der Waals surface area contributed by atoms with E-state index >= 15 is 0 Å². The second-order valence-electron chi connectivity index (χ2n) is 4.07. The fourth-order valence-corrected chi connectivity index (χ4v) is 2.88. The molecule has 2 atom stereocenters. The van der Waals surface area contributed by atoms with Crippen molar-refractivity contribution in [3.8, 4) is 11.5 Å². The molecule has 1 aliphatic heterocycles. The molecule has 5 heteroatoms. The van der Waals surface area contributed by atoms with Crippen LogP contribution >= 0.6 is 11.3 Å². The number of fused-ring (bicyclic) bond motifs is 1. The summed E-state index contributed by atoms with van der Waals surface area (Å²) in [6.45, 7) is 0.490. The zero-order chi connectivity index (χ0) is 12.4. The fraction of sp³-hybridized carbons (Fsp3) is 0.231. The Bertz CT molecular complexity index is 515. The van der Waals surface area contributed by atoms with Crippen molar-refractivity contribution in [2.24, 2.45) is 5.84 Å². The highest BCUT2D eigenvalue weighted by molar-refractivity contribution is 7.10. The molecule has 1 aliphatic rings. The first kappa shape index (κ1) is 11.5. The third-order valence-corrected chi connectivity index (χ3v) is 3.89. The maximum atomic E-state index is 5.95. The number of hydrogen-bond acceptors (Lipinski definition) is 5. The van der Waals surface area contributed by atoms with Crippen LogP contribution in [-0.2, 0) is 0 Å². The SMILES string of the molecule is NNC(c1cccs1)C1COc2ccccc2O1. The van der Waals surface area contributed by atoms with Gasteiger partial charge in [-0.15, -0.1) is 11.3 Å². The van der Waals surface area contributed by atoms with Gasteiger partial charge in [-0.25, -0.2) is 5.43 Å². The molecule has 18 heavy (non-hydrogen) atoms. The van der Waals surface area contributed by atoms with Crippen LogP contribution in [0.5, 0.6) is 11.5 Å². The van der Waals surface area contributed by atoms with Crippen LogP contribution in [0.15, 0.2) is 41.8 Å². The third kappa shape index (κ3) is 2.08. The number of nitrogens with one attached hydrogen (secondary N) is 1. The van der Waals surface area contributed by atoms with Gasteiger partial charge in [0.25, 0.3) is 0 Å². The van der Waals surface area contributed by atoms with E-state index in [0.29, 0.717) is 6.61 Å². The normalized spacial score (nSPS) is 19.5. The predicted octanol–water partition coefficient (Wildman–Crippen LogP) is 2.09. The van der Waals surface area contributed by atoms with Gasteiger partial charge >= 0.3 is 0 Å². The molecule has 0 saturated carbocycles. The van der Waals surface area contributed by atoms with Gasteiger partial charge in [-0.05, 0) is 23.6 Å². The van der Waals surface area contributed by atoms with Crippen LogP contribution in [0.4, 0.5) is 0 Å². The Morgan fingerprint density at radius 1 is 1.22 bits per heavy atom. The van der Waals surface area contributed by atoms with Crippen molar-refractivity contribution in [3.05, 3.63) is 46.7 Å². The third-order valence-electron chi connectivity index (χ3n) is 2.93. The summed E-state index contributed by atoms with van der Waals surface area (Å²) in [7, 11) is 0. The Kier molecular flexibility index (Phi) is 3.19. The first-order valence-corrected chi connectivity index (χ1v) is 6.64. The van der Waals surface area contributed by atoms with Crippen LogP contribution in [0.1, 0.15) is 10.9 Å². The van der Waals surface area contributed by atoms with Crippen molar-refractivity contribution in [1.29, 1.82) is 0 Å². The van der Waals surface area contributed by atoms with Crippen LogP contribution in [0.25, 0.3) is 0 Å². The van der Waals surface area contributed by atoms with E-state index < -0.39 is 0 Å². The minimum Gasteiger partial charge on any atom is -0.486 e. The largest absolute Gasteiger partial charge is 0.486 e. The summed E-state index contributed by atoms with van der Waals surface area (Å²) in [4.78, 5) is 1.14. The van der Waals surface area contributed by atoms with Crippen molar-refractivity contribution < 1.29 is 9.47 Å².